The molecule has 4 nitrogen and oxygen atoms in total. The Morgan fingerprint density at radius 2 is 2.12 bits per heavy atom. The Labute approximate surface area is 95.3 Å². The minimum absolute atomic E-state index is 0.114. The third kappa shape index (κ3) is 1.36. The Bertz CT molecular complexity index is 748. The third-order valence-electron chi connectivity index (χ3n) is 2.75. The lowest BCUT2D eigenvalue weighted by Gasteiger charge is -1.98. The van der Waals surface area contributed by atoms with Gasteiger partial charge >= 0.3 is 0 Å². The first-order valence-electron chi connectivity index (χ1n) is 5.01. The fourth-order valence-corrected chi connectivity index (χ4v) is 1.96. The van der Waals surface area contributed by atoms with Crippen LogP contribution in [0.4, 0.5) is 4.39 Å². The zero-order chi connectivity index (χ0) is 12.0. The minimum atomic E-state index is -0.777. The molecule has 0 fully saturated rings. The number of H-pyrrole nitrogens is 1. The molecular formula is C12H8FN3O. The first-order valence-corrected chi connectivity index (χ1v) is 5.01. The van der Waals surface area contributed by atoms with Crippen LogP contribution in [0.15, 0.2) is 30.6 Å². The van der Waals surface area contributed by atoms with E-state index < -0.39 is 11.7 Å². The van der Waals surface area contributed by atoms with Crippen LogP contribution >= 0.6 is 0 Å². The van der Waals surface area contributed by atoms with Gasteiger partial charge in [0.1, 0.15) is 5.82 Å². The van der Waals surface area contributed by atoms with Gasteiger partial charge in [-0.15, -0.1) is 0 Å². The van der Waals surface area contributed by atoms with Crippen molar-refractivity contribution in [1.29, 1.82) is 0 Å². The molecule has 1 aromatic carbocycles. The minimum Gasteiger partial charge on any atom is -0.366 e. The number of hydrogen-bond donors (Lipinski definition) is 2. The average molecular weight is 229 g/mol. The molecule has 3 N–H and O–H groups in total. The molecule has 3 aromatic rings. The summed E-state index contributed by atoms with van der Waals surface area (Å²) in [4.78, 5) is 18.1. The van der Waals surface area contributed by atoms with Gasteiger partial charge in [-0.1, -0.05) is 0 Å². The van der Waals surface area contributed by atoms with E-state index in [2.05, 4.69) is 9.97 Å². The maximum absolute atomic E-state index is 13.6. The van der Waals surface area contributed by atoms with Gasteiger partial charge in [0.25, 0.3) is 5.91 Å². The SMILES string of the molecule is NC(=O)c1cc2[nH]c3cnccc3c2cc1F. The predicted molar refractivity (Wildman–Crippen MR) is 62.1 cm³/mol. The van der Waals surface area contributed by atoms with Crippen molar-refractivity contribution in [3.8, 4) is 0 Å². The van der Waals surface area contributed by atoms with Crippen molar-refractivity contribution in [2.75, 3.05) is 0 Å². The highest BCUT2D eigenvalue weighted by atomic mass is 19.1. The highest BCUT2D eigenvalue weighted by molar-refractivity contribution is 6.09. The Morgan fingerprint density at radius 3 is 2.88 bits per heavy atom. The number of aromatic amines is 1. The van der Waals surface area contributed by atoms with E-state index in [4.69, 9.17) is 5.73 Å². The number of benzene rings is 1. The molecule has 0 atom stereocenters. The van der Waals surface area contributed by atoms with Gasteiger partial charge in [0.05, 0.1) is 17.3 Å². The summed E-state index contributed by atoms with van der Waals surface area (Å²) in [5.41, 5.74) is 6.45. The number of rotatable bonds is 1. The van der Waals surface area contributed by atoms with E-state index >= 15 is 0 Å². The van der Waals surface area contributed by atoms with Crippen LogP contribution in [0.5, 0.6) is 0 Å². The first kappa shape index (κ1) is 9.77. The third-order valence-corrected chi connectivity index (χ3v) is 2.75. The molecule has 0 aliphatic carbocycles. The smallest absolute Gasteiger partial charge is 0.251 e. The number of nitrogens with two attached hydrogens (primary N) is 1. The largest absolute Gasteiger partial charge is 0.366 e. The van der Waals surface area contributed by atoms with Crippen LogP contribution in [0.25, 0.3) is 21.8 Å². The number of halogens is 1. The number of amides is 1. The Balaban J connectivity index is 2.46. The zero-order valence-electron chi connectivity index (χ0n) is 8.70. The second-order valence-corrected chi connectivity index (χ2v) is 3.79. The van der Waals surface area contributed by atoms with Crippen molar-refractivity contribution in [1.82, 2.24) is 9.97 Å². The highest BCUT2D eigenvalue weighted by Crippen LogP contribution is 2.26. The summed E-state index contributed by atoms with van der Waals surface area (Å²) in [6.07, 6.45) is 3.28. The molecule has 84 valence electrons. The molecule has 3 rings (SSSR count). The van der Waals surface area contributed by atoms with Gasteiger partial charge in [-0.25, -0.2) is 4.39 Å². The quantitative estimate of drug-likeness (QED) is 0.669. The van der Waals surface area contributed by atoms with E-state index in [9.17, 15) is 9.18 Å². The molecule has 0 unspecified atom stereocenters. The van der Waals surface area contributed by atoms with E-state index in [1.807, 2.05) is 0 Å². The molecule has 17 heavy (non-hydrogen) atoms. The molecule has 2 heterocycles. The van der Waals surface area contributed by atoms with E-state index in [1.54, 1.807) is 18.5 Å². The number of pyridine rings is 1. The molecule has 2 aromatic heterocycles. The molecule has 1 amide bonds. The van der Waals surface area contributed by atoms with E-state index in [0.29, 0.717) is 10.9 Å². The van der Waals surface area contributed by atoms with Gasteiger partial charge in [-0.2, -0.15) is 0 Å². The maximum atomic E-state index is 13.6. The Morgan fingerprint density at radius 1 is 1.29 bits per heavy atom. The van der Waals surface area contributed by atoms with Crippen LogP contribution < -0.4 is 5.73 Å². The summed E-state index contributed by atoms with van der Waals surface area (Å²) >= 11 is 0. The summed E-state index contributed by atoms with van der Waals surface area (Å²) in [6, 6.07) is 4.53. The zero-order valence-corrected chi connectivity index (χ0v) is 8.70. The summed E-state index contributed by atoms with van der Waals surface area (Å²) < 4.78 is 13.6. The lowest BCUT2D eigenvalue weighted by Crippen LogP contribution is -2.12. The molecule has 0 saturated heterocycles. The highest BCUT2D eigenvalue weighted by Gasteiger charge is 2.12. The number of carbonyl (C=O) groups excluding carboxylic acids is 1. The first-order chi connectivity index (χ1) is 8.16. The van der Waals surface area contributed by atoms with Crippen LogP contribution in [0, 0.1) is 5.82 Å². The molecular weight excluding hydrogens is 221 g/mol. The van der Waals surface area contributed by atoms with Crippen molar-refractivity contribution < 1.29 is 9.18 Å². The maximum Gasteiger partial charge on any atom is 0.251 e. The lowest BCUT2D eigenvalue weighted by atomic mass is 10.1. The second kappa shape index (κ2) is 3.28. The van der Waals surface area contributed by atoms with Crippen LogP contribution in [-0.2, 0) is 0 Å². The summed E-state index contributed by atoms with van der Waals surface area (Å²) in [5, 5.41) is 1.58. The monoisotopic (exact) mass is 229 g/mol. The number of fused-ring (bicyclic) bond motifs is 3. The Hall–Kier alpha value is -2.43. The molecule has 0 aliphatic heterocycles. The van der Waals surface area contributed by atoms with Crippen LogP contribution in [0.1, 0.15) is 10.4 Å². The van der Waals surface area contributed by atoms with Crippen LogP contribution in [-0.4, -0.2) is 15.9 Å². The second-order valence-electron chi connectivity index (χ2n) is 3.79. The molecule has 0 saturated carbocycles. The van der Waals surface area contributed by atoms with Crippen LogP contribution in [0.3, 0.4) is 0 Å². The number of aromatic nitrogens is 2. The van der Waals surface area contributed by atoms with E-state index in [-0.39, 0.29) is 5.56 Å². The van der Waals surface area contributed by atoms with Gasteiger partial charge in [-0.05, 0) is 18.2 Å². The number of carbonyl (C=O) groups is 1. The number of nitrogens with zero attached hydrogens (tertiary/aromatic N) is 1. The number of nitrogens with one attached hydrogen (secondary N) is 1. The molecule has 0 spiro atoms. The molecule has 0 bridgehead atoms. The van der Waals surface area contributed by atoms with Crippen molar-refractivity contribution >= 4 is 27.7 Å². The van der Waals surface area contributed by atoms with Gasteiger partial charge in [0, 0.05) is 22.5 Å². The summed E-state index contributed by atoms with van der Waals surface area (Å²) in [6.45, 7) is 0. The van der Waals surface area contributed by atoms with Gasteiger partial charge < -0.3 is 10.7 Å². The van der Waals surface area contributed by atoms with E-state index in [0.717, 1.165) is 10.9 Å². The normalized spacial score (nSPS) is 11.1. The molecule has 0 radical (unpaired) electrons. The van der Waals surface area contributed by atoms with Crippen molar-refractivity contribution in [2.24, 2.45) is 5.73 Å². The number of primary amides is 1. The fraction of sp³-hybridized carbons (Fsp3) is 0. The average Bonchev–Trinajstić information content (AvgIpc) is 2.65. The summed E-state index contributed by atoms with van der Waals surface area (Å²) in [7, 11) is 0. The van der Waals surface area contributed by atoms with Gasteiger partial charge in [0.15, 0.2) is 0 Å². The van der Waals surface area contributed by atoms with Crippen molar-refractivity contribution in [3.63, 3.8) is 0 Å². The fourth-order valence-electron chi connectivity index (χ4n) is 1.96. The lowest BCUT2D eigenvalue weighted by molar-refractivity contribution is 0.0996. The van der Waals surface area contributed by atoms with Crippen LogP contribution in [0.2, 0.25) is 0 Å². The predicted octanol–water partition coefficient (Wildman–Crippen LogP) is 1.95. The molecule has 0 aliphatic rings. The van der Waals surface area contributed by atoms with Crippen molar-refractivity contribution in [3.05, 3.63) is 42.0 Å². The van der Waals surface area contributed by atoms with Gasteiger partial charge in [-0.3, -0.25) is 9.78 Å². The van der Waals surface area contributed by atoms with E-state index in [1.165, 1.54) is 12.1 Å². The standard InChI is InChI=1S/C12H8FN3O/c13-9-3-7-6-1-2-15-5-11(6)16-10(7)4-8(9)12(14)17/h1-5,16H,(H2,14,17). The van der Waals surface area contributed by atoms with Gasteiger partial charge in [0.2, 0.25) is 0 Å². The Kier molecular flexibility index (Phi) is 1.89. The summed E-state index contributed by atoms with van der Waals surface area (Å²) in [5.74, 6) is -1.39. The van der Waals surface area contributed by atoms with Crippen molar-refractivity contribution in [2.45, 2.75) is 0 Å². The topological polar surface area (TPSA) is 71.8 Å². The molecule has 5 heteroatoms. The number of hydrogen-bond acceptors (Lipinski definition) is 2.